The van der Waals surface area contributed by atoms with Gasteiger partial charge >= 0.3 is 0 Å². The van der Waals surface area contributed by atoms with Crippen LogP contribution in [0.1, 0.15) is 24.0 Å². The van der Waals surface area contributed by atoms with Gasteiger partial charge in [-0.05, 0) is 68.0 Å². The fourth-order valence-corrected chi connectivity index (χ4v) is 3.02. The Hall–Kier alpha value is -2.30. The Labute approximate surface area is 143 Å². The molecule has 0 saturated carbocycles. The Bertz CT molecular complexity index is 665. The molecule has 1 aliphatic heterocycles. The van der Waals surface area contributed by atoms with Gasteiger partial charge < -0.3 is 14.4 Å². The van der Waals surface area contributed by atoms with Gasteiger partial charge in [-0.1, -0.05) is 0 Å². The second kappa shape index (κ2) is 7.51. The Kier molecular flexibility index (Phi) is 5.18. The number of methoxy groups -OCH3 is 1. The molecule has 128 valence electrons. The monoisotopic (exact) mass is 327 g/mol. The first kappa shape index (κ1) is 16.6. The summed E-state index contributed by atoms with van der Waals surface area (Å²) in [7, 11) is 1.67. The predicted molar refractivity (Wildman–Crippen MR) is 94.9 cm³/mol. The zero-order valence-electron chi connectivity index (χ0n) is 14.7. The maximum Gasteiger partial charge on any atom is 0.154 e. The third-order valence-corrected chi connectivity index (χ3v) is 4.79. The van der Waals surface area contributed by atoms with Crippen molar-refractivity contribution in [3.8, 4) is 11.5 Å². The summed E-state index contributed by atoms with van der Waals surface area (Å²) in [5.74, 6) is 3.37. The second-order valence-corrected chi connectivity index (χ2v) is 6.39. The van der Waals surface area contributed by atoms with Crippen molar-refractivity contribution in [3.05, 3.63) is 41.6 Å². The summed E-state index contributed by atoms with van der Waals surface area (Å²) in [4.78, 5) is 2.35. The fourth-order valence-electron chi connectivity index (χ4n) is 3.02. The highest BCUT2D eigenvalue weighted by Crippen LogP contribution is 2.26. The molecule has 0 spiro atoms. The van der Waals surface area contributed by atoms with Gasteiger partial charge in [0.1, 0.15) is 11.5 Å². The molecule has 1 aliphatic rings. The van der Waals surface area contributed by atoms with Crippen LogP contribution in [-0.4, -0.2) is 37.0 Å². The minimum atomic E-state index is 0.585. The van der Waals surface area contributed by atoms with Crippen LogP contribution in [0.25, 0.3) is 0 Å². The van der Waals surface area contributed by atoms with Crippen LogP contribution < -0.4 is 14.4 Å². The van der Waals surface area contributed by atoms with Gasteiger partial charge in [0, 0.05) is 13.1 Å². The average molecular weight is 327 g/mol. The standard InChI is InChI=1S/C19H25N3O2/c1-14-12-20-21-19(15(14)2)22-10-8-16(9-11-22)13-24-18-6-4-17(23-3)5-7-18/h4-7,12,16H,8-11,13H2,1-3H3. The average Bonchev–Trinajstić information content (AvgIpc) is 2.63. The summed E-state index contributed by atoms with van der Waals surface area (Å²) < 4.78 is 11.1. The summed E-state index contributed by atoms with van der Waals surface area (Å²) in [5, 5.41) is 8.43. The van der Waals surface area contributed by atoms with Gasteiger partial charge in [-0.3, -0.25) is 0 Å². The molecule has 0 bridgehead atoms. The van der Waals surface area contributed by atoms with Crippen molar-refractivity contribution in [2.24, 2.45) is 5.92 Å². The zero-order chi connectivity index (χ0) is 16.9. The molecule has 1 aromatic heterocycles. The van der Waals surface area contributed by atoms with E-state index in [0.29, 0.717) is 5.92 Å². The number of anilines is 1. The molecular weight excluding hydrogens is 302 g/mol. The lowest BCUT2D eigenvalue weighted by Crippen LogP contribution is -2.36. The maximum atomic E-state index is 5.93. The predicted octanol–water partition coefficient (Wildman–Crippen LogP) is 3.40. The lowest BCUT2D eigenvalue weighted by Gasteiger charge is -2.33. The van der Waals surface area contributed by atoms with Gasteiger partial charge in [-0.15, -0.1) is 5.10 Å². The molecule has 2 aromatic rings. The SMILES string of the molecule is COc1ccc(OCC2CCN(c3nncc(C)c3C)CC2)cc1. The minimum absolute atomic E-state index is 0.585. The van der Waals surface area contributed by atoms with Crippen LogP contribution in [0.4, 0.5) is 5.82 Å². The normalized spacial score (nSPS) is 15.4. The van der Waals surface area contributed by atoms with Crippen molar-refractivity contribution in [2.45, 2.75) is 26.7 Å². The van der Waals surface area contributed by atoms with E-state index >= 15 is 0 Å². The van der Waals surface area contributed by atoms with Crippen LogP contribution >= 0.6 is 0 Å². The summed E-state index contributed by atoms with van der Waals surface area (Å²) in [6, 6.07) is 7.77. The summed E-state index contributed by atoms with van der Waals surface area (Å²) in [6.45, 7) is 6.99. The molecule has 3 rings (SSSR count). The van der Waals surface area contributed by atoms with E-state index in [2.05, 4.69) is 28.9 Å². The van der Waals surface area contributed by atoms with E-state index in [1.54, 1.807) is 7.11 Å². The van der Waals surface area contributed by atoms with Crippen molar-refractivity contribution >= 4 is 5.82 Å². The fraction of sp³-hybridized carbons (Fsp3) is 0.474. The van der Waals surface area contributed by atoms with Gasteiger partial charge in [0.2, 0.25) is 0 Å². The van der Waals surface area contributed by atoms with Crippen molar-refractivity contribution in [1.82, 2.24) is 10.2 Å². The van der Waals surface area contributed by atoms with Gasteiger partial charge in [-0.25, -0.2) is 0 Å². The van der Waals surface area contributed by atoms with E-state index in [1.165, 1.54) is 11.1 Å². The van der Waals surface area contributed by atoms with Crippen LogP contribution in [-0.2, 0) is 0 Å². The number of rotatable bonds is 5. The topological polar surface area (TPSA) is 47.5 Å². The molecule has 0 N–H and O–H groups in total. The number of hydrogen-bond acceptors (Lipinski definition) is 5. The van der Waals surface area contributed by atoms with E-state index in [9.17, 15) is 0 Å². The lowest BCUT2D eigenvalue weighted by atomic mass is 9.97. The molecule has 0 unspecified atom stereocenters. The summed E-state index contributed by atoms with van der Waals surface area (Å²) >= 11 is 0. The smallest absolute Gasteiger partial charge is 0.154 e. The molecule has 1 fully saturated rings. The molecule has 0 atom stereocenters. The third kappa shape index (κ3) is 3.78. The van der Waals surface area contributed by atoms with Crippen LogP contribution in [0, 0.1) is 19.8 Å². The number of nitrogens with zero attached hydrogens (tertiary/aromatic N) is 3. The molecule has 1 saturated heterocycles. The lowest BCUT2D eigenvalue weighted by molar-refractivity contribution is 0.222. The van der Waals surface area contributed by atoms with E-state index in [-0.39, 0.29) is 0 Å². The zero-order valence-corrected chi connectivity index (χ0v) is 14.7. The van der Waals surface area contributed by atoms with Crippen molar-refractivity contribution in [2.75, 3.05) is 31.7 Å². The second-order valence-electron chi connectivity index (χ2n) is 6.39. The van der Waals surface area contributed by atoms with Crippen molar-refractivity contribution < 1.29 is 9.47 Å². The molecule has 1 aromatic carbocycles. The van der Waals surface area contributed by atoms with Crippen molar-refractivity contribution in [1.29, 1.82) is 0 Å². The quantitative estimate of drug-likeness (QED) is 0.842. The molecule has 5 nitrogen and oxygen atoms in total. The van der Waals surface area contributed by atoms with Crippen LogP contribution in [0.5, 0.6) is 11.5 Å². The van der Waals surface area contributed by atoms with Crippen LogP contribution in [0.15, 0.2) is 30.5 Å². The largest absolute Gasteiger partial charge is 0.497 e. The van der Waals surface area contributed by atoms with E-state index in [4.69, 9.17) is 9.47 Å². The Morgan fingerprint density at radius 1 is 1.08 bits per heavy atom. The first-order valence-corrected chi connectivity index (χ1v) is 8.48. The number of benzene rings is 1. The number of piperidine rings is 1. The third-order valence-electron chi connectivity index (χ3n) is 4.79. The number of hydrogen-bond donors (Lipinski definition) is 0. The first-order valence-electron chi connectivity index (χ1n) is 8.48. The molecule has 2 heterocycles. The van der Waals surface area contributed by atoms with Gasteiger partial charge in [0.05, 0.1) is 19.9 Å². The Morgan fingerprint density at radius 2 is 1.75 bits per heavy atom. The summed E-state index contributed by atoms with van der Waals surface area (Å²) in [6.07, 6.45) is 4.06. The Morgan fingerprint density at radius 3 is 2.42 bits per heavy atom. The number of aryl methyl sites for hydroxylation is 1. The molecular formula is C19H25N3O2. The van der Waals surface area contributed by atoms with E-state index in [1.807, 2.05) is 30.5 Å². The number of ether oxygens (including phenoxy) is 2. The molecule has 5 heteroatoms. The molecule has 0 radical (unpaired) electrons. The minimum Gasteiger partial charge on any atom is -0.497 e. The van der Waals surface area contributed by atoms with E-state index in [0.717, 1.165) is 49.9 Å². The van der Waals surface area contributed by atoms with Crippen LogP contribution in [0.2, 0.25) is 0 Å². The van der Waals surface area contributed by atoms with Crippen LogP contribution in [0.3, 0.4) is 0 Å². The van der Waals surface area contributed by atoms with Gasteiger partial charge in [0.15, 0.2) is 5.82 Å². The molecule has 24 heavy (non-hydrogen) atoms. The first-order chi connectivity index (χ1) is 11.7. The molecule has 0 amide bonds. The maximum absolute atomic E-state index is 5.93. The highest BCUT2D eigenvalue weighted by molar-refractivity contribution is 5.48. The highest BCUT2D eigenvalue weighted by Gasteiger charge is 2.22. The van der Waals surface area contributed by atoms with Crippen molar-refractivity contribution in [3.63, 3.8) is 0 Å². The Balaban J connectivity index is 1.50. The highest BCUT2D eigenvalue weighted by atomic mass is 16.5. The summed E-state index contributed by atoms with van der Waals surface area (Å²) in [5.41, 5.74) is 2.43. The number of aromatic nitrogens is 2. The molecule has 0 aliphatic carbocycles. The van der Waals surface area contributed by atoms with Gasteiger partial charge in [0.25, 0.3) is 0 Å². The van der Waals surface area contributed by atoms with Gasteiger partial charge in [-0.2, -0.15) is 5.10 Å². The van der Waals surface area contributed by atoms with E-state index < -0.39 is 0 Å².